The van der Waals surface area contributed by atoms with Crippen molar-refractivity contribution in [2.24, 2.45) is 0 Å². The molecule has 0 saturated carbocycles. The molecule has 0 bridgehead atoms. The fourth-order valence-electron chi connectivity index (χ4n) is 2.11. The van der Waals surface area contributed by atoms with Crippen molar-refractivity contribution in [2.75, 3.05) is 12.4 Å². The Morgan fingerprint density at radius 1 is 1.60 bits per heavy atom. The van der Waals surface area contributed by atoms with Crippen molar-refractivity contribution in [1.82, 2.24) is 25.2 Å². The normalized spacial score (nSPS) is 18.5. The lowest BCUT2D eigenvalue weighted by Gasteiger charge is -2.09. The second-order valence-electron chi connectivity index (χ2n) is 4.57. The molecule has 8 heteroatoms. The first-order valence-corrected chi connectivity index (χ1v) is 7.48. The van der Waals surface area contributed by atoms with E-state index in [1.165, 1.54) is 11.8 Å². The van der Waals surface area contributed by atoms with Gasteiger partial charge in [0.2, 0.25) is 5.16 Å². The lowest BCUT2D eigenvalue weighted by atomic mass is 10.2. The molecule has 3 heterocycles. The van der Waals surface area contributed by atoms with Gasteiger partial charge in [0, 0.05) is 12.8 Å². The van der Waals surface area contributed by atoms with E-state index in [1.807, 2.05) is 0 Å². The molecular formula is C12H15N5O2S. The fraction of sp³-hybridized carbons (Fsp3) is 0.500. The van der Waals surface area contributed by atoms with Gasteiger partial charge in [0.05, 0.1) is 24.1 Å². The molecular weight excluding hydrogens is 278 g/mol. The number of carbonyl (C=O) groups excluding carboxylic acids is 1. The monoisotopic (exact) mass is 293 g/mol. The zero-order chi connectivity index (χ0) is 13.8. The van der Waals surface area contributed by atoms with E-state index in [1.54, 1.807) is 23.0 Å². The Hall–Kier alpha value is -1.67. The van der Waals surface area contributed by atoms with Crippen LogP contribution in [-0.2, 0) is 11.3 Å². The lowest BCUT2D eigenvalue weighted by Crippen LogP contribution is -2.17. The van der Waals surface area contributed by atoms with Gasteiger partial charge in [-0.15, -0.1) is 5.10 Å². The van der Waals surface area contributed by atoms with E-state index in [9.17, 15) is 4.79 Å². The summed E-state index contributed by atoms with van der Waals surface area (Å²) >= 11 is 1.35. The van der Waals surface area contributed by atoms with E-state index in [2.05, 4.69) is 20.5 Å². The van der Waals surface area contributed by atoms with Gasteiger partial charge in [-0.05, 0) is 35.4 Å². The third-order valence-electron chi connectivity index (χ3n) is 3.13. The number of ketones is 1. The first-order chi connectivity index (χ1) is 9.83. The Bertz CT molecular complexity index is 562. The highest BCUT2D eigenvalue weighted by Gasteiger charge is 2.19. The van der Waals surface area contributed by atoms with Gasteiger partial charge >= 0.3 is 0 Å². The summed E-state index contributed by atoms with van der Waals surface area (Å²) in [6, 6.07) is 3.57. The second kappa shape index (κ2) is 6.19. The molecule has 7 nitrogen and oxygen atoms in total. The molecule has 1 N–H and O–H groups in total. The number of aromatic nitrogens is 5. The number of aromatic amines is 1. The summed E-state index contributed by atoms with van der Waals surface area (Å²) in [5.74, 6) is 0.346. The average molecular weight is 293 g/mol. The fourth-order valence-corrected chi connectivity index (χ4v) is 2.88. The van der Waals surface area contributed by atoms with Crippen molar-refractivity contribution >= 4 is 17.5 Å². The molecule has 1 aliphatic rings. The second-order valence-corrected chi connectivity index (χ2v) is 5.52. The molecule has 1 aliphatic heterocycles. The van der Waals surface area contributed by atoms with Crippen LogP contribution in [0.5, 0.6) is 0 Å². The first kappa shape index (κ1) is 13.3. The van der Waals surface area contributed by atoms with E-state index in [0.29, 0.717) is 23.1 Å². The van der Waals surface area contributed by atoms with Crippen molar-refractivity contribution in [3.8, 4) is 0 Å². The highest BCUT2D eigenvalue weighted by atomic mass is 32.2. The quantitative estimate of drug-likeness (QED) is 0.635. The standard InChI is InChI=1S/C12H15N5O2S/c18-11(10-4-1-5-13-10)8-20-12-14-15-16-17(12)7-9-3-2-6-19-9/h1,4-5,9,13H,2-3,6-8H2/t9-/m1/s1. The molecule has 2 aromatic rings. The van der Waals surface area contributed by atoms with Gasteiger partial charge in [0.25, 0.3) is 0 Å². The summed E-state index contributed by atoms with van der Waals surface area (Å²) in [5.41, 5.74) is 0.607. The predicted molar refractivity (Wildman–Crippen MR) is 72.6 cm³/mol. The van der Waals surface area contributed by atoms with E-state index in [4.69, 9.17) is 4.74 Å². The van der Waals surface area contributed by atoms with E-state index in [-0.39, 0.29) is 11.9 Å². The van der Waals surface area contributed by atoms with Gasteiger partial charge in [-0.1, -0.05) is 11.8 Å². The summed E-state index contributed by atoms with van der Waals surface area (Å²) in [6.07, 6.45) is 4.03. The van der Waals surface area contributed by atoms with Crippen LogP contribution in [-0.4, -0.2) is 49.4 Å². The number of tetrazole rings is 1. The maximum atomic E-state index is 11.9. The largest absolute Gasteiger partial charge is 0.376 e. The van der Waals surface area contributed by atoms with E-state index < -0.39 is 0 Å². The molecule has 1 fully saturated rings. The van der Waals surface area contributed by atoms with Crippen molar-refractivity contribution in [3.63, 3.8) is 0 Å². The SMILES string of the molecule is O=C(CSc1nnnn1C[C@H]1CCCO1)c1ccc[nH]1. The van der Waals surface area contributed by atoms with E-state index >= 15 is 0 Å². The lowest BCUT2D eigenvalue weighted by molar-refractivity contribution is 0.0912. The highest BCUT2D eigenvalue weighted by Crippen LogP contribution is 2.19. The first-order valence-electron chi connectivity index (χ1n) is 6.50. The average Bonchev–Trinajstić information content (AvgIpc) is 3.20. The third kappa shape index (κ3) is 3.07. The van der Waals surface area contributed by atoms with Crippen LogP contribution in [0.2, 0.25) is 0 Å². The maximum absolute atomic E-state index is 11.9. The molecule has 1 saturated heterocycles. The Morgan fingerprint density at radius 2 is 2.55 bits per heavy atom. The number of thioether (sulfide) groups is 1. The molecule has 2 aromatic heterocycles. The molecule has 106 valence electrons. The van der Waals surface area contributed by atoms with Gasteiger partial charge in [-0.25, -0.2) is 4.68 Å². The van der Waals surface area contributed by atoms with Gasteiger partial charge in [-0.3, -0.25) is 4.79 Å². The van der Waals surface area contributed by atoms with Crippen LogP contribution < -0.4 is 0 Å². The summed E-state index contributed by atoms with van der Waals surface area (Å²) in [7, 11) is 0. The highest BCUT2D eigenvalue weighted by molar-refractivity contribution is 7.99. The van der Waals surface area contributed by atoms with Crippen LogP contribution in [0.1, 0.15) is 23.3 Å². The Labute approximate surface area is 120 Å². The summed E-state index contributed by atoms with van der Waals surface area (Å²) in [4.78, 5) is 14.8. The molecule has 0 spiro atoms. The predicted octanol–water partition coefficient (Wildman–Crippen LogP) is 1.16. The number of Topliss-reactive ketones (excluding diaryl/α,β-unsaturated/α-hetero) is 1. The molecule has 0 aliphatic carbocycles. The van der Waals surface area contributed by atoms with Gasteiger partial charge in [0.1, 0.15) is 0 Å². The number of nitrogens with zero attached hydrogens (tertiary/aromatic N) is 4. The van der Waals surface area contributed by atoms with Crippen molar-refractivity contribution < 1.29 is 9.53 Å². The molecule has 0 unspecified atom stereocenters. The number of rotatable bonds is 6. The van der Waals surface area contributed by atoms with Crippen LogP contribution in [0.15, 0.2) is 23.5 Å². The Kier molecular flexibility index (Phi) is 4.12. The van der Waals surface area contributed by atoms with Crippen molar-refractivity contribution in [3.05, 3.63) is 24.0 Å². The number of ether oxygens (including phenoxy) is 1. The molecule has 20 heavy (non-hydrogen) atoms. The van der Waals surface area contributed by atoms with E-state index in [0.717, 1.165) is 19.4 Å². The summed E-state index contributed by atoms with van der Waals surface area (Å²) in [6.45, 7) is 1.45. The minimum atomic E-state index is 0.0340. The summed E-state index contributed by atoms with van der Waals surface area (Å²) < 4.78 is 7.28. The number of hydrogen-bond acceptors (Lipinski definition) is 6. The van der Waals surface area contributed by atoms with Gasteiger partial charge in [-0.2, -0.15) is 0 Å². The smallest absolute Gasteiger partial charge is 0.209 e. The van der Waals surface area contributed by atoms with Crippen LogP contribution in [0, 0.1) is 0 Å². The minimum Gasteiger partial charge on any atom is -0.376 e. The van der Waals surface area contributed by atoms with Gasteiger partial charge < -0.3 is 9.72 Å². The van der Waals surface area contributed by atoms with Crippen molar-refractivity contribution in [1.29, 1.82) is 0 Å². The van der Waals surface area contributed by atoms with Crippen LogP contribution in [0.25, 0.3) is 0 Å². The number of hydrogen-bond donors (Lipinski definition) is 1. The van der Waals surface area contributed by atoms with Crippen molar-refractivity contribution in [2.45, 2.75) is 30.6 Å². The number of nitrogens with one attached hydrogen (secondary N) is 1. The van der Waals surface area contributed by atoms with Crippen LogP contribution >= 0.6 is 11.8 Å². The molecule has 0 aromatic carbocycles. The Balaban J connectivity index is 1.57. The summed E-state index contributed by atoms with van der Waals surface area (Å²) in [5, 5.41) is 12.2. The van der Waals surface area contributed by atoms with Gasteiger partial charge in [0.15, 0.2) is 5.78 Å². The number of H-pyrrole nitrogens is 1. The molecule has 1 atom stereocenters. The molecule has 3 rings (SSSR count). The minimum absolute atomic E-state index is 0.0340. The zero-order valence-corrected chi connectivity index (χ0v) is 11.7. The third-order valence-corrected chi connectivity index (χ3v) is 4.09. The zero-order valence-electron chi connectivity index (χ0n) is 10.9. The van der Waals surface area contributed by atoms with Crippen LogP contribution in [0.3, 0.4) is 0 Å². The molecule has 0 amide bonds. The number of carbonyl (C=O) groups is 1. The topological polar surface area (TPSA) is 85.7 Å². The van der Waals surface area contributed by atoms with Crippen LogP contribution in [0.4, 0.5) is 0 Å². The maximum Gasteiger partial charge on any atom is 0.209 e. The Morgan fingerprint density at radius 3 is 3.30 bits per heavy atom. The molecule has 0 radical (unpaired) electrons.